The predicted octanol–water partition coefficient (Wildman–Crippen LogP) is 2.78. The van der Waals surface area contributed by atoms with Crippen LogP contribution in [0.3, 0.4) is 0 Å². The van der Waals surface area contributed by atoms with E-state index in [1.54, 1.807) is 24.3 Å². The van der Waals surface area contributed by atoms with Crippen molar-refractivity contribution in [1.29, 1.82) is 5.26 Å². The first-order valence-electron chi connectivity index (χ1n) is 10.2. The van der Waals surface area contributed by atoms with Gasteiger partial charge in [-0.05, 0) is 43.5 Å². The maximum Gasteiger partial charge on any atom is 0.265 e. The van der Waals surface area contributed by atoms with Crippen LogP contribution in [-0.2, 0) is 9.59 Å². The maximum absolute atomic E-state index is 13.0. The van der Waals surface area contributed by atoms with Gasteiger partial charge in [-0.25, -0.2) is 0 Å². The fourth-order valence-electron chi connectivity index (χ4n) is 3.96. The number of hydrogen-bond donors (Lipinski definition) is 1. The Morgan fingerprint density at radius 3 is 2.60 bits per heavy atom. The van der Waals surface area contributed by atoms with Gasteiger partial charge < -0.3 is 19.9 Å². The van der Waals surface area contributed by atoms with Crippen LogP contribution in [0, 0.1) is 11.3 Å². The topological polar surface area (TPSA) is 85.7 Å². The zero-order valence-corrected chi connectivity index (χ0v) is 16.7. The Morgan fingerprint density at radius 1 is 1.07 bits per heavy atom. The molecule has 0 unspecified atom stereocenters. The number of ether oxygens (including phenoxy) is 1. The summed E-state index contributed by atoms with van der Waals surface area (Å²) in [4.78, 5) is 29.5. The number of hydrogen-bond acceptors (Lipinski definition) is 5. The second-order valence-electron chi connectivity index (χ2n) is 7.55. The normalized spacial score (nSPS) is 18.0. The van der Waals surface area contributed by atoms with Crippen molar-refractivity contribution < 1.29 is 14.3 Å². The highest BCUT2D eigenvalue weighted by Gasteiger charge is 2.34. The minimum absolute atomic E-state index is 0.0237. The molecular formula is C23H24N4O3. The van der Waals surface area contributed by atoms with Crippen LogP contribution < -0.4 is 15.0 Å². The summed E-state index contributed by atoms with van der Waals surface area (Å²) in [5.41, 5.74) is 1.67. The molecule has 0 saturated carbocycles. The van der Waals surface area contributed by atoms with E-state index in [4.69, 9.17) is 4.74 Å². The third kappa shape index (κ3) is 4.23. The molecule has 7 nitrogen and oxygen atoms in total. The highest BCUT2D eigenvalue weighted by molar-refractivity contribution is 5.96. The molecule has 154 valence electrons. The molecular weight excluding hydrogens is 380 g/mol. The van der Waals surface area contributed by atoms with Crippen molar-refractivity contribution in [2.75, 3.05) is 36.4 Å². The number of anilines is 2. The first-order chi connectivity index (χ1) is 14.7. The smallest absolute Gasteiger partial charge is 0.265 e. The van der Waals surface area contributed by atoms with Gasteiger partial charge in [-0.3, -0.25) is 9.59 Å². The number of nitrogens with one attached hydrogen (secondary N) is 1. The Kier molecular flexibility index (Phi) is 5.84. The van der Waals surface area contributed by atoms with Crippen LogP contribution in [0.25, 0.3) is 0 Å². The summed E-state index contributed by atoms with van der Waals surface area (Å²) >= 11 is 0. The third-order valence-electron chi connectivity index (χ3n) is 5.46. The number of benzene rings is 2. The van der Waals surface area contributed by atoms with Gasteiger partial charge in [0.15, 0.2) is 6.10 Å². The first-order valence-corrected chi connectivity index (χ1v) is 10.2. The van der Waals surface area contributed by atoms with E-state index in [9.17, 15) is 14.9 Å². The molecule has 1 N–H and O–H groups in total. The van der Waals surface area contributed by atoms with Crippen LogP contribution in [-0.4, -0.2) is 49.0 Å². The molecule has 4 rings (SSSR count). The Morgan fingerprint density at radius 2 is 1.80 bits per heavy atom. The number of carbonyl (C=O) groups excluding carboxylic acids is 2. The average Bonchev–Trinajstić information content (AvgIpc) is 2.79. The molecule has 2 aromatic carbocycles. The molecule has 2 aliphatic rings. The molecule has 0 aromatic heterocycles. The third-order valence-corrected chi connectivity index (χ3v) is 5.46. The van der Waals surface area contributed by atoms with Crippen molar-refractivity contribution in [3.05, 3.63) is 54.1 Å². The quantitative estimate of drug-likeness (QED) is 0.847. The Bertz CT molecular complexity index is 978. The summed E-state index contributed by atoms with van der Waals surface area (Å²) in [7, 11) is 0. The predicted molar refractivity (Wildman–Crippen MR) is 113 cm³/mol. The number of amides is 2. The summed E-state index contributed by atoms with van der Waals surface area (Å²) in [5.74, 6) is 0.326. The van der Waals surface area contributed by atoms with E-state index >= 15 is 0 Å². The summed E-state index contributed by atoms with van der Waals surface area (Å²) in [6, 6.07) is 16.4. The van der Waals surface area contributed by atoms with Gasteiger partial charge in [-0.2, -0.15) is 5.26 Å². The summed E-state index contributed by atoms with van der Waals surface area (Å²) in [6.07, 6.45) is 2.53. The van der Waals surface area contributed by atoms with Gasteiger partial charge in [0.1, 0.15) is 11.8 Å². The van der Waals surface area contributed by atoms with Gasteiger partial charge in [0, 0.05) is 13.1 Å². The van der Waals surface area contributed by atoms with Gasteiger partial charge in [-0.1, -0.05) is 24.3 Å². The maximum atomic E-state index is 13.0. The number of piperidine rings is 1. The molecule has 2 aromatic rings. The number of carbonyl (C=O) groups is 2. The molecule has 1 fully saturated rings. The summed E-state index contributed by atoms with van der Waals surface area (Å²) in [6.45, 7) is 1.88. The molecule has 0 aliphatic carbocycles. The van der Waals surface area contributed by atoms with Gasteiger partial charge in [0.05, 0.1) is 30.0 Å². The SMILES string of the molecule is N#Cc1ccccc1NC(=O)CN1C[C@@H](C(=O)N2CCCCC2)Oc2ccccc21. The van der Waals surface area contributed by atoms with E-state index in [1.165, 1.54) is 0 Å². The lowest BCUT2D eigenvalue weighted by Gasteiger charge is -2.38. The summed E-state index contributed by atoms with van der Waals surface area (Å²) < 4.78 is 6.01. The zero-order chi connectivity index (χ0) is 20.9. The van der Waals surface area contributed by atoms with Crippen molar-refractivity contribution in [2.24, 2.45) is 0 Å². The lowest BCUT2D eigenvalue weighted by molar-refractivity contribution is -0.139. The number of para-hydroxylation sites is 3. The van der Waals surface area contributed by atoms with Crippen LogP contribution in [0.2, 0.25) is 0 Å². The number of rotatable bonds is 4. The molecule has 0 radical (unpaired) electrons. The molecule has 0 bridgehead atoms. The van der Waals surface area contributed by atoms with E-state index in [0.29, 0.717) is 23.5 Å². The average molecular weight is 404 g/mol. The van der Waals surface area contributed by atoms with Crippen molar-refractivity contribution in [3.63, 3.8) is 0 Å². The molecule has 2 aliphatic heterocycles. The molecule has 2 heterocycles. The van der Waals surface area contributed by atoms with Crippen LogP contribution in [0.5, 0.6) is 5.75 Å². The van der Waals surface area contributed by atoms with Crippen molar-refractivity contribution in [2.45, 2.75) is 25.4 Å². The molecule has 7 heteroatoms. The fraction of sp³-hybridized carbons (Fsp3) is 0.348. The Hall–Kier alpha value is -3.53. The highest BCUT2D eigenvalue weighted by atomic mass is 16.5. The van der Waals surface area contributed by atoms with Crippen molar-refractivity contribution >= 4 is 23.2 Å². The second-order valence-corrected chi connectivity index (χ2v) is 7.55. The zero-order valence-electron chi connectivity index (χ0n) is 16.7. The number of likely N-dealkylation sites (tertiary alicyclic amines) is 1. The van der Waals surface area contributed by atoms with Crippen LogP contribution in [0.1, 0.15) is 24.8 Å². The lowest BCUT2D eigenvalue weighted by atomic mass is 10.1. The van der Waals surface area contributed by atoms with Crippen LogP contribution in [0.15, 0.2) is 48.5 Å². The van der Waals surface area contributed by atoms with Gasteiger partial charge in [0.2, 0.25) is 5.91 Å². The van der Waals surface area contributed by atoms with E-state index in [0.717, 1.165) is 38.0 Å². The van der Waals surface area contributed by atoms with Gasteiger partial charge >= 0.3 is 0 Å². The Labute approximate surface area is 175 Å². The monoisotopic (exact) mass is 404 g/mol. The molecule has 1 saturated heterocycles. The number of nitriles is 1. The highest BCUT2D eigenvalue weighted by Crippen LogP contribution is 2.33. The summed E-state index contributed by atoms with van der Waals surface area (Å²) in [5, 5.41) is 12.0. The van der Waals surface area contributed by atoms with Crippen molar-refractivity contribution in [1.82, 2.24) is 4.90 Å². The van der Waals surface area contributed by atoms with Crippen LogP contribution >= 0.6 is 0 Å². The molecule has 2 amide bonds. The number of nitrogens with zero attached hydrogens (tertiary/aromatic N) is 3. The molecule has 0 spiro atoms. The lowest BCUT2D eigenvalue weighted by Crippen LogP contribution is -2.52. The van der Waals surface area contributed by atoms with Gasteiger partial charge in [0.25, 0.3) is 5.91 Å². The largest absolute Gasteiger partial charge is 0.477 e. The minimum Gasteiger partial charge on any atom is -0.477 e. The fourth-order valence-corrected chi connectivity index (χ4v) is 3.96. The second kappa shape index (κ2) is 8.87. The molecule has 30 heavy (non-hydrogen) atoms. The van der Waals surface area contributed by atoms with E-state index < -0.39 is 6.10 Å². The molecule has 1 atom stereocenters. The van der Waals surface area contributed by atoms with Gasteiger partial charge in [-0.15, -0.1) is 0 Å². The van der Waals surface area contributed by atoms with E-state index in [-0.39, 0.29) is 18.4 Å². The van der Waals surface area contributed by atoms with Crippen molar-refractivity contribution in [3.8, 4) is 11.8 Å². The van der Waals surface area contributed by atoms with E-state index in [2.05, 4.69) is 11.4 Å². The van der Waals surface area contributed by atoms with Crippen LogP contribution in [0.4, 0.5) is 11.4 Å². The number of fused-ring (bicyclic) bond motifs is 1. The Balaban J connectivity index is 1.50. The first kappa shape index (κ1) is 19.8. The van der Waals surface area contributed by atoms with E-state index in [1.807, 2.05) is 34.1 Å². The minimum atomic E-state index is -0.641. The standard InChI is InChI=1S/C23H24N4O3/c24-14-17-8-2-3-9-18(17)25-22(28)16-27-15-21(23(29)26-12-6-1-7-13-26)30-20-11-5-4-10-19(20)27/h2-5,8-11,21H,1,6-7,12-13,15-16H2,(H,25,28)/t21-/m0/s1.